The van der Waals surface area contributed by atoms with E-state index >= 15 is 4.39 Å². The highest BCUT2D eigenvalue weighted by atomic mass is 19.1. The topological polar surface area (TPSA) is 72.9 Å². The first-order valence-electron chi connectivity index (χ1n) is 13.2. The minimum absolute atomic E-state index is 0.331. The summed E-state index contributed by atoms with van der Waals surface area (Å²) >= 11 is 0. The maximum atomic E-state index is 15.1. The molecule has 1 N–H and O–H groups in total. The number of ether oxygens (including phenoxy) is 3. The van der Waals surface area contributed by atoms with Crippen LogP contribution < -0.4 is 14.8 Å². The van der Waals surface area contributed by atoms with Crippen LogP contribution in [0, 0.1) is 5.82 Å². The van der Waals surface area contributed by atoms with Gasteiger partial charge < -0.3 is 24.4 Å². The number of carbonyl (C=O) groups excluding carboxylic acids is 1. The zero-order valence-corrected chi connectivity index (χ0v) is 22.7. The summed E-state index contributed by atoms with van der Waals surface area (Å²) in [7, 11) is 0. The van der Waals surface area contributed by atoms with E-state index in [2.05, 4.69) is 24.1 Å². The zero-order valence-electron chi connectivity index (χ0n) is 22.7. The Morgan fingerprint density at radius 1 is 1.08 bits per heavy atom. The Balaban J connectivity index is 1.70. The van der Waals surface area contributed by atoms with Gasteiger partial charge in [-0.2, -0.15) is 4.98 Å². The number of nitrogens with one attached hydrogen (secondary N) is 1. The van der Waals surface area contributed by atoms with Crippen molar-refractivity contribution in [2.45, 2.75) is 72.3 Å². The molecule has 0 radical (unpaired) electrons. The Morgan fingerprint density at radius 3 is 2.43 bits per heavy atom. The van der Waals surface area contributed by atoms with Crippen LogP contribution in [0.1, 0.15) is 72.3 Å². The monoisotopic (exact) mass is 513 g/mol. The summed E-state index contributed by atoms with van der Waals surface area (Å²) in [5, 5.41) is 3.24. The molecule has 0 fully saturated rings. The highest BCUT2D eigenvalue weighted by molar-refractivity contribution is 5.74. The fourth-order valence-electron chi connectivity index (χ4n) is 3.76. The normalized spacial score (nSPS) is 13.7. The first kappa shape index (κ1) is 28.3. The van der Waals surface area contributed by atoms with E-state index in [0.717, 1.165) is 31.3 Å². The molecule has 2 heterocycles. The first-order valence-corrected chi connectivity index (χ1v) is 13.2. The summed E-state index contributed by atoms with van der Waals surface area (Å²) in [6.45, 7) is 11.7. The molecule has 0 aliphatic carbocycles. The number of nitrogens with zero attached hydrogens (tertiary/aromatic N) is 2. The van der Waals surface area contributed by atoms with Gasteiger partial charge in [-0.05, 0) is 69.9 Å². The lowest BCUT2D eigenvalue weighted by molar-refractivity contribution is 0.0270. The number of hydrogen-bond acceptors (Lipinski definition) is 6. The van der Waals surface area contributed by atoms with Crippen molar-refractivity contribution in [2.75, 3.05) is 31.6 Å². The molecule has 1 aliphatic heterocycles. The van der Waals surface area contributed by atoms with Crippen molar-refractivity contribution in [3.8, 4) is 11.8 Å². The number of rotatable bonds is 11. The molecule has 7 nitrogen and oxygen atoms in total. The van der Waals surface area contributed by atoms with Crippen molar-refractivity contribution in [1.29, 1.82) is 0 Å². The second kappa shape index (κ2) is 13.3. The van der Waals surface area contributed by atoms with E-state index in [9.17, 15) is 4.79 Å². The maximum absolute atomic E-state index is 15.1. The van der Waals surface area contributed by atoms with Crippen LogP contribution in [-0.4, -0.2) is 47.9 Å². The van der Waals surface area contributed by atoms with Crippen LogP contribution in [0.5, 0.6) is 11.8 Å². The average Bonchev–Trinajstić information content (AvgIpc) is 2.85. The van der Waals surface area contributed by atoms with Gasteiger partial charge in [-0.15, -0.1) is 0 Å². The second-order valence-electron chi connectivity index (χ2n) is 10.1. The number of unbranched alkanes of at least 4 members (excludes halogenated alkanes) is 2. The van der Waals surface area contributed by atoms with E-state index < -0.39 is 5.60 Å². The highest BCUT2D eigenvalue weighted by Crippen LogP contribution is 2.32. The predicted octanol–water partition coefficient (Wildman–Crippen LogP) is 7.35. The molecular formula is C29H40FN3O4. The first-order chi connectivity index (χ1) is 17.7. The quantitative estimate of drug-likeness (QED) is 0.317. The predicted molar refractivity (Wildman–Crippen MR) is 145 cm³/mol. The molecule has 0 atom stereocenters. The number of anilines is 2. The third-order valence-corrected chi connectivity index (χ3v) is 5.77. The van der Waals surface area contributed by atoms with Gasteiger partial charge in [-0.1, -0.05) is 32.8 Å². The van der Waals surface area contributed by atoms with Crippen molar-refractivity contribution in [3.05, 3.63) is 47.8 Å². The summed E-state index contributed by atoms with van der Waals surface area (Å²) in [5.41, 5.74) is 2.11. The van der Waals surface area contributed by atoms with Crippen LogP contribution in [0.4, 0.5) is 20.6 Å². The molecule has 3 rings (SSSR count). The number of halogens is 1. The van der Waals surface area contributed by atoms with E-state index in [1.54, 1.807) is 17.0 Å². The lowest BCUT2D eigenvalue weighted by Gasteiger charge is -2.29. The van der Waals surface area contributed by atoms with Gasteiger partial charge in [-0.25, -0.2) is 9.18 Å². The van der Waals surface area contributed by atoms with Crippen molar-refractivity contribution >= 4 is 23.0 Å². The second-order valence-corrected chi connectivity index (χ2v) is 10.1. The molecule has 0 saturated heterocycles. The number of carbonyl (C=O) groups is 1. The third kappa shape index (κ3) is 8.65. The smallest absolute Gasteiger partial charge is 0.410 e. The standard InChI is InChI=1S/C29H40FN3O4/c1-6-8-18-35-26-13-12-25(27(32-26)36-19-9-7-2)31-22-10-11-23(24(30)20-22)21-14-16-33(17-15-21)28(34)37-29(3,4)5/h10-14,20,31H,6-9,15-19H2,1-5H3. The van der Waals surface area contributed by atoms with Crippen molar-refractivity contribution in [2.24, 2.45) is 0 Å². The van der Waals surface area contributed by atoms with Gasteiger partial charge in [0, 0.05) is 30.4 Å². The van der Waals surface area contributed by atoms with E-state index in [1.807, 2.05) is 39.0 Å². The molecule has 0 bridgehead atoms. The Morgan fingerprint density at radius 2 is 1.81 bits per heavy atom. The number of benzene rings is 1. The maximum Gasteiger partial charge on any atom is 0.410 e. The van der Waals surface area contributed by atoms with Crippen LogP contribution in [-0.2, 0) is 4.74 Å². The van der Waals surface area contributed by atoms with Gasteiger partial charge in [0.15, 0.2) is 0 Å². The largest absolute Gasteiger partial charge is 0.478 e. The van der Waals surface area contributed by atoms with Gasteiger partial charge >= 0.3 is 6.09 Å². The average molecular weight is 514 g/mol. The Bertz CT molecular complexity index is 1080. The van der Waals surface area contributed by atoms with Gasteiger partial charge in [-0.3, -0.25) is 0 Å². The number of pyridine rings is 1. The SMILES string of the molecule is CCCCOc1ccc(Nc2ccc(C3=CCN(C(=O)OC(C)(C)C)CC3)c(F)c2)c(OCCCC)n1. The van der Waals surface area contributed by atoms with E-state index in [4.69, 9.17) is 14.2 Å². The Kier molecular flexibility index (Phi) is 10.2. The number of aromatic nitrogens is 1. The molecule has 0 spiro atoms. The molecule has 8 heteroatoms. The molecule has 1 aromatic heterocycles. The summed E-state index contributed by atoms with van der Waals surface area (Å²) in [6, 6.07) is 8.70. The minimum atomic E-state index is -0.547. The summed E-state index contributed by atoms with van der Waals surface area (Å²) in [4.78, 5) is 18.5. The molecule has 0 saturated carbocycles. The summed E-state index contributed by atoms with van der Waals surface area (Å²) < 4.78 is 32.2. The van der Waals surface area contributed by atoms with Crippen LogP contribution >= 0.6 is 0 Å². The van der Waals surface area contributed by atoms with Crippen molar-refractivity contribution in [1.82, 2.24) is 9.88 Å². The van der Waals surface area contributed by atoms with Crippen molar-refractivity contribution < 1.29 is 23.4 Å². The lowest BCUT2D eigenvalue weighted by Crippen LogP contribution is -2.39. The highest BCUT2D eigenvalue weighted by Gasteiger charge is 2.24. The van der Waals surface area contributed by atoms with Gasteiger partial charge in [0.05, 0.1) is 13.2 Å². The molecular weight excluding hydrogens is 473 g/mol. The number of hydrogen-bond donors (Lipinski definition) is 1. The fourth-order valence-corrected chi connectivity index (χ4v) is 3.76. The van der Waals surface area contributed by atoms with E-state index in [0.29, 0.717) is 61.4 Å². The third-order valence-electron chi connectivity index (χ3n) is 5.77. The van der Waals surface area contributed by atoms with Gasteiger partial charge in [0.25, 0.3) is 0 Å². The zero-order chi connectivity index (χ0) is 26.8. The van der Waals surface area contributed by atoms with E-state index in [1.165, 1.54) is 6.07 Å². The lowest BCUT2D eigenvalue weighted by atomic mass is 9.98. The van der Waals surface area contributed by atoms with Crippen LogP contribution in [0.3, 0.4) is 0 Å². The van der Waals surface area contributed by atoms with Crippen LogP contribution in [0.25, 0.3) is 5.57 Å². The molecule has 202 valence electrons. The molecule has 37 heavy (non-hydrogen) atoms. The molecule has 1 amide bonds. The van der Waals surface area contributed by atoms with E-state index in [-0.39, 0.29) is 11.9 Å². The molecule has 1 aromatic carbocycles. The van der Waals surface area contributed by atoms with Crippen LogP contribution in [0.15, 0.2) is 36.4 Å². The van der Waals surface area contributed by atoms with Crippen molar-refractivity contribution in [3.63, 3.8) is 0 Å². The minimum Gasteiger partial charge on any atom is -0.478 e. The molecule has 1 aliphatic rings. The number of amides is 1. The van der Waals surface area contributed by atoms with Gasteiger partial charge in [0.2, 0.25) is 11.8 Å². The Labute approximate surface area is 220 Å². The molecule has 2 aromatic rings. The summed E-state index contributed by atoms with van der Waals surface area (Å²) in [5.74, 6) is 0.615. The van der Waals surface area contributed by atoms with Gasteiger partial charge in [0.1, 0.15) is 17.1 Å². The van der Waals surface area contributed by atoms with Crippen LogP contribution in [0.2, 0.25) is 0 Å². The fraction of sp³-hybridized carbons (Fsp3) is 0.517. The Hall–Kier alpha value is -3.29. The molecule has 0 unspecified atom stereocenters. The summed E-state index contributed by atoms with van der Waals surface area (Å²) in [6.07, 6.45) is 6.01.